The highest BCUT2D eigenvalue weighted by molar-refractivity contribution is 5.96. The molecule has 0 spiro atoms. The van der Waals surface area contributed by atoms with Crippen LogP contribution in [0.5, 0.6) is 5.75 Å². The molecule has 1 amide bonds. The van der Waals surface area contributed by atoms with E-state index in [2.05, 4.69) is 17.4 Å². The number of hydrogen-bond acceptors (Lipinski definition) is 4. The molecule has 5 nitrogen and oxygen atoms in total. The van der Waals surface area contributed by atoms with Gasteiger partial charge >= 0.3 is 0 Å². The smallest absolute Gasteiger partial charge is 0.268 e. The lowest BCUT2D eigenvalue weighted by Crippen LogP contribution is -2.36. The number of hydrogen-bond donors (Lipinski definition) is 2. The first-order valence-electron chi connectivity index (χ1n) is 7.65. The number of hydrazine groups is 1. The second-order valence-corrected chi connectivity index (χ2v) is 5.59. The van der Waals surface area contributed by atoms with Crippen molar-refractivity contribution in [2.24, 2.45) is 5.84 Å². The van der Waals surface area contributed by atoms with Crippen LogP contribution < -0.4 is 16.0 Å². The maximum atomic E-state index is 11.7. The number of carbonyl (C=O) groups excluding carboxylic acids is 1. The molecule has 1 aromatic carbocycles. The molecule has 5 heteroatoms. The molecule has 0 unspecified atom stereocenters. The van der Waals surface area contributed by atoms with Gasteiger partial charge in [-0.15, -0.1) is 0 Å². The Morgan fingerprint density at radius 3 is 2.76 bits per heavy atom. The average Bonchev–Trinajstić information content (AvgIpc) is 2.55. The van der Waals surface area contributed by atoms with Gasteiger partial charge in [-0.05, 0) is 32.0 Å². The number of likely N-dealkylation sites (N-methyl/N-ethyl adjacent to an activating group) is 1. The van der Waals surface area contributed by atoms with Crippen LogP contribution in [0.15, 0.2) is 24.3 Å². The number of nitrogen functional groups attached to an aromatic ring is 1. The van der Waals surface area contributed by atoms with E-state index in [-0.39, 0.29) is 5.91 Å². The summed E-state index contributed by atoms with van der Waals surface area (Å²) in [6.07, 6.45) is 6.58. The zero-order valence-corrected chi connectivity index (χ0v) is 12.7. The van der Waals surface area contributed by atoms with Gasteiger partial charge in [-0.2, -0.15) is 0 Å². The fourth-order valence-electron chi connectivity index (χ4n) is 2.86. The van der Waals surface area contributed by atoms with Gasteiger partial charge in [-0.3, -0.25) is 10.2 Å². The van der Waals surface area contributed by atoms with Gasteiger partial charge < -0.3 is 9.64 Å². The van der Waals surface area contributed by atoms with Gasteiger partial charge in [0, 0.05) is 12.6 Å². The predicted molar refractivity (Wildman–Crippen MR) is 83.1 cm³/mol. The van der Waals surface area contributed by atoms with Crippen molar-refractivity contribution >= 4 is 5.91 Å². The molecule has 0 radical (unpaired) electrons. The van der Waals surface area contributed by atoms with E-state index in [9.17, 15) is 4.79 Å². The van der Waals surface area contributed by atoms with E-state index < -0.39 is 0 Å². The number of ether oxygens (including phenoxy) is 1. The molecule has 0 aliphatic heterocycles. The Bertz CT molecular complexity index is 459. The third kappa shape index (κ3) is 4.44. The van der Waals surface area contributed by atoms with Crippen LogP contribution in [0.2, 0.25) is 0 Å². The van der Waals surface area contributed by atoms with Crippen LogP contribution in [0.3, 0.4) is 0 Å². The minimum absolute atomic E-state index is 0.328. The SMILES string of the molecule is CN(CCOc1ccccc1C(=O)NN)C1CCCCC1. The second kappa shape index (κ2) is 8.00. The van der Waals surface area contributed by atoms with E-state index in [1.165, 1.54) is 32.1 Å². The molecule has 21 heavy (non-hydrogen) atoms. The average molecular weight is 291 g/mol. The summed E-state index contributed by atoms with van der Waals surface area (Å²) in [4.78, 5) is 14.0. The van der Waals surface area contributed by atoms with Gasteiger partial charge in [-0.1, -0.05) is 31.4 Å². The summed E-state index contributed by atoms with van der Waals surface area (Å²) in [5.74, 6) is 5.44. The zero-order valence-electron chi connectivity index (χ0n) is 12.7. The van der Waals surface area contributed by atoms with E-state index in [0.717, 1.165) is 6.54 Å². The van der Waals surface area contributed by atoms with Crippen molar-refractivity contribution in [2.75, 3.05) is 20.2 Å². The largest absolute Gasteiger partial charge is 0.491 e. The molecule has 0 atom stereocenters. The summed E-state index contributed by atoms with van der Waals surface area (Å²) >= 11 is 0. The molecular formula is C16H25N3O2. The third-order valence-corrected chi connectivity index (χ3v) is 4.16. The molecular weight excluding hydrogens is 266 g/mol. The van der Waals surface area contributed by atoms with Crippen molar-refractivity contribution in [3.63, 3.8) is 0 Å². The summed E-state index contributed by atoms with van der Waals surface area (Å²) in [5.41, 5.74) is 2.62. The summed E-state index contributed by atoms with van der Waals surface area (Å²) in [6, 6.07) is 7.83. The number of nitrogens with two attached hydrogens (primary N) is 1. The first kappa shape index (κ1) is 15.8. The minimum Gasteiger partial charge on any atom is -0.491 e. The van der Waals surface area contributed by atoms with Crippen molar-refractivity contribution in [2.45, 2.75) is 38.1 Å². The lowest BCUT2D eigenvalue weighted by Gasteiger charge is -2.31. The van der Waals surface area contributed by atoms with Gasteiger partial charge in [0.05, 0.1) is 5.56 Å². The van der Waals surface area contributed by atoms with Crippen molar-refractivity contribution in [3.8, 4) is 5.75 Å². The Morgan fingerprint density at radius 2 is 2.05 bits per heavy atom. The Morgan fingerprint density at radius 1 is 1.33 bits per heavy atom. The monoisotopic (exact) mass is 291 g/mol. The molecule has 1 saturated carbocycles. The topological polar surface area (TPSA) is 67.6 Å². The molecule has 1 fully saturated rings. The van der Waals surface area contributed by atoms with Gasteiger partial charge in [-0.25, -0.2) is 5.84 Å². The second-order valence-electron chi connectivity index (χ2n) is 5.59. The lowest BCUT2D eigenvalue weighted by molar-refractivity contribution is 0.0948. The Hall–Kier alpha value is -1.59. The number of para-hydroxylation sites is 1. The van der Waals surface area contributed by atoms with Gasteiger partial charge in [0.1, 0.15) is 12.4 Å². The van der Waals surface area contributed by atoms with E-state index in [1.807, 2.05) is 6.07 Å². The summed E-state index contributed by atoms with van der Waals surface area (Å²) in [7, 11) is 2.15. The van der Waals surface area contributed by atoms with Gasteiger partial charge in [0.2, 0.25) is 0 Å². The van der Waals surface area contributed by atoms with Gasteiger partial charge in [0.15, 0.2) is 0 Å². The van der Waals surface area contributed by atoms with Crippen LogP contribution in [-0.2, 0) is 0 Å². The van der Waals surface area contributed by atoms with E-state index >= 15 is 0 Å². The molecule has 1 aromatic rings. The number of amides is 1. The van der Waals surface area contributed by atoms with E-state index in [0.29, 0.717) is 24.0 Å². The first-order valence-corrected chi connectivity index (χ1v) is 7.65. The van der Waals surface area contributed by atoms with Crippen molar-refractivity contribution in [1.82, 2.24) is 10.3 Å². The third-order valence-electron chi connectivity index (χ3n) is 4.16. The van der Waals surface area contributed by atoms with Gasteiger partial charge in [0.25, 0.3) is 5.91 Å². The zero-order chi connectivity index (χ0) is 15.1. The normalized spacial score (nSPS) is 16.0. The number of nitrogens with one attached hydrogen (secondary N) is 1. The Labute approximate surface area is 126 Å². The molecule has 116 valence electrons. The number of benzene rings is 1. The van der Waals surface area contributed by atoms with Crippen LogP contribution in [0.25, 0.3) is 0 Å². The Kier molecular flexibility index (Phi) is 6.02. The molecule has 0 heterocycles. The molecule has 0 saturated heterocycles. The molecule has 2 rings (SSSR count). The highest BCUT2D eigenvalue weighted by Gasteiger charge is 2.18. The summed E-state index contributed by atoms with van der Waals surface area (Å²) in [6.45, 7) is 1.44. The summed E-state index contributed by atoms with van der Waals surface area (Å²) in [5, 5.41) is 0. The highest BCUT2D eigenvalue weighted by Crippen LogP contribution is 2.22. The molecule has 0 bridgehead atoms. The fraction of sp³-hybridized carbons (Fsp3) is 0.562. The predicted octanol–water partition coefficient (Wildman–Crippen LogP) is 1.93. The molecule has 0 aromatic heterocycles. The summed E-state index contributed by atoms with van der Waals surface area (Å²) < 4.78 is 5.76. The minimum atomic E-state index is -0.328. The molecule has 1 aliphatic carbocycles. The van der Waals surface area contributed by atoms with Crippen molar-refractivity contribution in [3.05, 3.63) is 29.8 Å². The van der Waals surface area contributed by atoms with Crippen LogP contribution in [0.4, 0.5) is 0 Å². The van der Waals surface area contributed by atoms with Crippen LogP contribution >= 0.6 is 0 Å². The van der Waals surface area contributed by atoms with Crippen LogP contribution in [0, 0.1) is 0 Å². The van der Waals surface area contributed by atoms with E-state index in [4.69, 9.17) is 10.6 Å². The van der Waals surface area contributed by atoms with Crippen molar-refractivity contribution in [1.29, 1.82) is 0 Å². The first-order chi connectivity index (χ1) is 10.2. The van der Waals surface area contributed by atoms with E-state index in [1.54, 1.807) is 18.2 Å². The molecule has 3 N–H and O–H groups in total. The lowest BCUT2D eigenvalue weighted by atomic mass is 9.94. The van der Waals surface area contributed by atoms with Crippen molar-refractivity contribution < 1.29 is 9.53 Å². The molecule has 1 aliphatic rings. The number of rotatable bonds is 6. The van der Waals surface area contributed by atoms with Crippen LogP contribution in [0.1, 0.15) is 42.5 Å². The quantitative estimate of drug-likeness (QED) is 0.477. The number of carbonyl (C=O) groups is 1. The number of nitrogens with zero attached hydrogens (tertiary/aromatic N) is 1. The highest BCUT2D eigenvalue weighted by atomic mass is 16.5. The van der Waals surface area contributed by atoms with Crippen LogP contribution in [-0.4, -0.2) is 37.0 Å². The standard InChI is InChI=1S/C16H25N3O2/c1-19(13-7-3-2-4-8-13)11-12-21-15-10-6-5-9-14(15)16(20)18-17/h5-6,9-10,13H,2-4,7-8,11-12,17H2,1H3,(H,18,20). The maximum absolute atomic E-state index is 11.7. The Balaban J connectivity index is 1.84. The maximum Gasteiger partial charge on any atom is 0.268 e. The fourth-order valence-corrected chi connectivity index (χ4v) is 2.86.